The SMILES string of the molecule is Cc1cc(C(=O)N2C(C(N)=O)CC3CC32[C@@H](c2cc(F)c(Cl)cc2F)C2COC2)cc(S(C)(=O)=O)c1. The number of hydrogen-bond acceptors (Lipinski definition) is 5. The Balaban J connectivity index is 1.66. The number of halogens is 3. The molecule has 36 heavy (non-hydrogen) atoms. The van der Waals surface area contributed by atoms with Crippen LogP contribution in [-0.4, -0.2) is 56.2 Å². The number of fused-ring (bicyclic) bond motifs is 1. The Hall–Kier alpha value is -2.56. The van der Waals surface area contributed by atoms with Gasteiger partial charge in [-0.1, -0.05) is 11.6 Å². The highest BCUT2D eigenvalue weighted by molar-refractivity contribution is 7.90. The first-order valence-electron chi connectivity index (χ1n) is 11.5. The smallest absolute Gasteiger partial charge is 0.255 e. The van der Waals surface area contributed by atoms with Crippen molar-refractivity contribution in [2.75, 3.05) is 19.5 Å². The van der Waals surface area contributed by atoms with E-state index in [2.05, 4.69) is 0 Å². The molecule has 2 saturated heterocycles. The van der Waals surface area contributed by atoms with Gasteiger partial charge >= 0.3 is 0 Å². The number of hydrogen-bond donors (Lipinski definition) is 1. The van der Waals surface area contributed by atoms with E-state index in [-0.39, 0.29) is 52.5 Å². The number of piperidine rings is 1. The number of sulfone groups is 1. The summed E-state index contributed by atoms with van der Waals surface area (Å²) in [4.78, 5) is 27.9. The van der Waals surface area contributed by atoms with Crippen LogP contribution in [0.15, 0.2) is 35.2 Å². The summed E-state index contributed by atoms with van der Waals surface area (Å²) in [5.74, 6) is -3.84. The molecule has 2 aromatic rings. The standard InChI is InChI=1S/C25H25ClF2N2O5S/c1-12-3-13(5-16(4-12)36(2,33)34)24(32)30-21(23(29)31)6-15-9-25(15,30)22(14-10-35-11-14)17-7-20(28)18(26)8-19(17)27/h3-5,7-8,14-15,21-22H,6,9-11H2,1-2H3,(H2,29,31)/t15?,21?,22-,25?/m1/s1. The predicted molar refractivity (Wildman–Crippen MR) is 127 cm³/mol. The molecule has 3 aliphatic rings. The molecule has 2 aromatic carbocycles. The number of nitrogens with two attached hydrogens (primary N) is 1. The van der Waals surface area contributed by atoms with Crippen LogP contribution in [0.4, 0.5) is 8.78 Å². The fourth-order valence-corrected chi connectivity index (χ4v) is 6.96. The average Bonchev–Trinajstić information content (AvgIpc) is 3.36. The molecule has 1 saturated carbocycles. The minimum Gasteiger partial charge on any atom is -0.381 e. The summed E-state index contributed by atoms with van der Waals surface area (Å²) in [6.07, 6.45) is 1.80. The van der Waals surface area contributed by atoms with Gasteiger partial charge in [-0.05, 0) is 67.1 Å². The summed E-state index contributed by atoms with van der Waals surface area (Å²) in [5, 5.41) is -0.355. The summed E-state index contributed by atoms with van der Waals surface area (Å²) >= 11 is 5.80. The summed E-state index contributed by atoms with van der Waals surface area (Å²) in [5.41, 5.74) is 5.40. The van der Waals surface area contributed by atoms with Crippen molar-refractivity contribution in [1.29, 1.82) is 0 Å². The number of primary amides is 1. The van der Waals surface area contributed by atoms with E-state index in [0.29, 0.717) is 12.0 Å². The van der Waals surface area contributed by atoms with E-state index in [0.717, 1.165) is 18.4 Å². The Morgan fingerprint density at radius 1 is 1.17 bits per heavy atom. The number of benzene rings is 2. The summed E-state index contributed by atoms with van der Waals surface area (Å²) in [6.45, 7) is 2.24. The lowest BCUT2D eigenvalue weighted by atomic mass is 9.76. The van der Waals surface area contributed by atoms with Crippen LogP contribution in [0.2, 0.25) is 5.02 Å². The van der Waals surface area contributed by atoms with Gasteiger partial charge in [-0.3, -0.25) is 9.59 Å². The zero-order valence-electron chi connectivity index (χ0n) is 19.6. The summed E-state index contributed by atoms with van der Waals surface area (Å²) < 4.78 is 59.6. The largest absolute Gasteiger partial charge is 0.381 e. The second-order valence-corrected chi connectivity index (χ2v) is 12.5. The number of rotatable bonds is 6. The van der Waals surface area contributed by atoms with Gasteiger partial charge in [0.25, 0.3) is 5.91 Å². The highest BCUT2D eigenvalue weighted by Gasteiger charge is 2.72. The van der Waals surface area contributed by atoms with E-state index >= 15 is 4.39 Å². The van der Waals surface area contributed by atoms with Crippen molar-refractivity contribution in [1.82, 2.24) is 4.90 Å². The molecule has 2 N–H and O–H groups in total. The van der Waals surface area contributed by atoms with Crippen LogP contribution in [0.25, 0.3) is 0 Å². The van der Waals surface area contributed by atoms with E-state index in [4.69, 9.17) is 22.1 Å². The lowest BCUT2D eigenvalue weighted by Crippen LogP contribution is -2.55. The molecule has 11 heteroatoms. The van der Waals surface area contributed by atoms with Crippen LogP contribution in [-0.2, 0) is 19.4 Å². The number of amides is 2. The third-order valence-electron chi connectivity index (χ3n) is 7.71. The van der Waals surface area contributed by atoms with Crippen molar-refractivity contribution in [3.63, 3.8) is 0 Å². The first-order chi connectivity index (χ1) is 16.8. The van der Waals surface area contributed by atoms with Crippen molar-refractivity contribution in [3.8, 4) is 0 Å². The molecule has 5 rings (SSSR count). The Kier molecular flexibility index (Phi) is 5.92. The molecule has 2 aliphatic heterocycles. The molecular weight excluding hydrogens is 514 g/mol. The number of nitrogens with zero attached hydrogens (tertiary/aromatic N) is 1. The van der Waals surface area contributed by atoms with Crippen molar-refractivity contribution in [2.45, 2.75) is 42.2 Å². The third kappa shape index (κ3) is 3.90. The molecule has 0 aromatic heterocycles. The van der Waals surface area contributed by atoms with Crippen LogP contribution in [0, 0.1) is 30.4 Å². The molecule has 2 heterocycles. The summed E-state index contributed by atoms with van der Waals surface area (Å²) in [7, 11) is -3.62. The molecule has 3 unspecified atom stereocenters. The molecule has 4 atom stereocenters. The first kappa shape index (κ1) is 25.1. The van der Waals surface area contributed by atoms with E-state index in [1.807, 2.05) is 0 Å². The van der Waals surface area contributed by atoms with Crippen molar-refractivity contribution in [3.05, 3.63) is 63.7 Å². The minimum atomic E-state index is -3.62. The fourth-order valence-electron chi connectivity index (χ4n) is 6.07. The Morgan fingerprint density at radius 3 is 2.44 bits per heavy atom. The van der Waals surface area contributed by atoms with E-state index in [1.54, 1.807) is 13.0 Å². The molecule has 1 aliphatic carbocycles. The lowest BCUT2D eigenvalue weighted by Gasteiger charge is -2.44. The Bertz CT molecular complexity index is 1400. The molecule has 7 nitrogen and oxygen atoms in total. The van der Waals surface area contributed by atoms with Crippen molar-refractivity contribution >= 4 is 33.3 Å². The number of likely N-dealkylation sites (tertiary alicyclic amines) is 1. The lowest BCUT2D eigenvalue weighted by molar-refractivity contribution is -0.123. The number of carbonyl (C=O) groups excluding carboxylic acids is 2. The van der Waals surface area contributed by atoms with Crippen LogP contribution in [0.5, 0.6) is 0 Å². The average molecular weight is 539 g/mol. The van der Waals surface area contributed by atoms with Gasteiger partial charge in [-0.25, -0.2) is 17.2 Å². The fraction of sp³-hybridized carbons (Fsp3) is 0.440. The van der Waals surface area contributed by atoms with Gasteiger partial charge in [-0.15, -0.1) is 0 Å². The van der Waals surface area contributed by atoms with Crippen LogP contribution < -0.4 is 5.73 Å². The number of aryl methyl sites for hydroxylation is 1. The topological polar surface area (TPSA) is 107 Å². The zero-order chi connectivity index (χ0) is 26.2. The quantitative estimate of drug-likeness (QED) is 0.568. The maximum Gasteiger partial charge on any atom is 0.255 e. The second kappa shape index (κ2) is 8.49. The van der Waals surface area contributed by atoms with Crippen LogP contribution >= 0.6 is 11.6 Å². The van der Waals surface area contributed by atoms with Gasteiger partial charge in [0.15, 0.2) is 9.84 Å². The molecule has 0 radical (unpaired) electrons. The normalized spacial score (nSPS) is 26.3. The van der Waals surface area contributed by atoms with Crippen LogP contribution in [0.1, 0.15) is 40.2 Å². The number of carbonyl (C=O) groups is 2. The zero-order valence-corrected chi connectivity index (χ0v) is 21.2. The summed E-state index contributed by atoms with van der Waals surface area (Å²) in [6, 6.07) is 5.27. The van der Waals surface area contributed by atoms with Gasteiger partial charge in [-0.2, -0.15) is 0 Å². The van der Waals surface area contributed by atoms with E-state index in [9.17, 15) is 22.4 Å². The molecule has 192 valence electrons. The first-order valence-corrected chi connectivity index (χ1v) is 13.8. The van der Waals surface area contributed by atoms with Gasteiger partial charge in [0.1, 0.15) is 17.7 Å². The second-order valence-electron chi connectivity index (χ2n) is 10.1. The Labute approximate surface area is 212 Å². The Morgan fingerprint density at radius 2 is 1.86 bits per heavy atom. The highest BCUT2D eigenvalue weighted by Crippen LogP contribution is 2.67. The van der Waals surface area contributed by atoms with E-state index < -0.39 is 50.8 Å². The van der Waals surface area contributed by atoms with Crippen molar-refractivity contribution < 1.29 is 31.5 Å². The number of ether oxygens (including phenoxy) is 1. The molecule has 3 fully saturated rings. The monoisotopic (exact) mass is 538 g/mol. The van der Waals surface area contributed by atoms with Gasteiger partial charge < -0.3 is 15.4 Å². The van der Waals surface area contributed by atoms with Crippen LogP contribution in [0.3, 0.4) is 0 Å². The maximum atomic E-state index is 15.2. The van der Waals surface area contributed by atoms with Crippen molar-refractivity contribution in [2.24, 2.45) is 17.6 Å². The maximum absolute atomic E-state index is 15.2. The predicted octanol–water partition coefficient (Wildman–Crippen LogP) is 3.22. The molecule has 0 bridgehead atoms. The molecular formula is C25H25ClF2N2O5S. The van der Waals surface area contributed by atoms with Gasteiger partial charge in [0, 0.05) is 23.7 Å². The third-order valence-corrected chi connectivity index (χ3v) is 9.09. The van der Waals surface area contributed by atoms with E-state index in [1.165, 1.54) is 17.0 Å². The molecule has 2 amide bonds. The van der Waals surface area contributed by atoms with Gasteiger partial charge in [0.2, 0.25) is 5.91 Å². The van der Waals surface area contributed by atoms with Gasteiger partial charge in [0.05, 0.1) is 28.7 Å². The highest BCUT2D eigenvalue weighted by atomic mass is 35.5. The minimum absolute atomic E-state index is 0.0307. The molecule has 0 spiro atoms.